The maximum absolute atomic E-state index is 12.5. The predicted molar refractivity (Wildman–Crippen MR) is 115 cm³/mol. The lowest BCUT2D eigenvalue weighted by Crippen LogP contribution is -2.38. The van der Waals surface area contributed by atoms with E-state index in [0.29, 0.717) is 43.9 Å². The molecule has 1 aliphatic carbocycles. The molecule has 1 aromatic carbocycles. The average Bonchev–Trinajstić information content (AvgIpc) is 3.32. The summed E-state index contributed by atoms with van der Waals surface area (Å²) in [6.45, 7) is 2.05. The monoisotopic (exact) mass is 435 g/mol. The van der Waals surface area contributed by atoms with Gasteiger partial charge in [0.05, 0.1) is 4.90 Å². The highest BCUT2D eigenvalue weighted by atomic mass is 32.2. The fraction of sp³-hybridized carbons (Fsp3) is 0.636. The molecular weight excluding hydrogens is 402 g/mol. The van der Waals surface area contributed by atoms with Crippen LogP contribution in [0.3, 0.4) is 0 Å². The molecule has 0 bridgehead atoms. The van der Waals surface area contributed by atoms with Crippen molar-refractivity contribution in [2.45, 2.75) is 62.7 Å². The van der Waals surface area contributed by atoms with Gasteiger partial charge in [0.15, 0.2) is 0 Å². The number of benzene rings is 1. The summed E-state index contributed by atoms with van der Waals surface area (Å²) in [4.78, 5) is 24.4. The van der Waals surface area contributed by atoms with Crippen molar-refractivity contribution in [1.82, 2.24) is 14.9 Å². The summed E-state index contributed by atoms with van der Waals surface area (Å²) in [6.07, 6.45) is 8.11. The SMILES string of the molecule is O=C(CCc1ccc(S(=O)(=O)N2CCCC2)cc1)NCCNC(=O)C1CCCCC1. The molecular formula is C22H33N3O4S. The molecule has 1 saturated carbocycles. The number of rotatable bonds is 9. The third-order valence-electron chi connectivity index (χ3n) is 5.99. The second-order valence-corrected chi connectivity index (χ2v) is 10.2. The highest BCUT2D eigenvalue weighted by Crippen LogP contribution is 2.23. The van der Waals surface area contributed by atoms with Gasteiger partial charge in [-0.3, -0.25) is 9.59 Å². The fourth-order valence-corrected chi connectivity index (χ4v) is 5.67. The Labute approximate surface area is 179 Å². The van der Waals surface area contributed by atoms with Crippen LogP contribution in [0.25, 0.3) is 0 Å². The molecule has 3 rings (SSSR count). The van der Waals surface area contributed by atoms with Crippen molar-refractivity contribution in [2.75, 3.05) is 26.2 Å². The molecule has 7 nitrogen and oxygen atoms in total. The second kappa shape index (κ2) is 10.9. The van der Waals surface area contributed by atoms with Gasteiger partial charge in [-0.25, -0.2) is 8.42 Å². The third-order valence-corrected chi connectivity index (χ3v) is 7.90. The Morgan fingerprint density at radius 3 is 2.20 bits per heavy atom. The zero-order valence-corrected chi connectivity index (χ0v) is 18.4. The van der Waals surface area contributed by atoms with Gasteiger partial charge in [-0.15, -0.1) is 0 Å². The first kappa shape index (κ1) is 22.7. The van der Waals surface area contributed by atoms with Crippen molar-refractivity contribution in [3.8, 4) is 0 Å². The molecule has 0 aromatic heterocycles. The van der Waals surface area contributed by atoms with Crippen molar-refractivity contribution in [3.63, 3.8) is 0 Å². The van der Waals surface area contributed by atoms with E-state index in [-0.39, 0.29) is 17.7 Å². The molecule has 0 unspecified atom stereocenters. The Morgan fingerprint density at radius 1 is 0.900 bits per heavy atom. The molecule has 166 valence electrons. The highest BCUT2D eigenvalue weighted by Gasteiger charge is 2.26. The zero-order valence-electron chi connectivity index (χ0n) is 17.6. The number of sulfonamides is 1. The van der Waals surface area contributed by atoms with Gasteiger partial charge in [-0.2, -0.15) is 4.31 Å². The molecule has 1 heterocycles. The Bertz CT molecular complexity index is 811. The summed E-state index contributed by atoms with van der Waals surface area (Å²) in [5.41, 5.74) is 0.927. The number of hydrogen-bond acceptors (Lipinski definition) is 4. The molecule has 2 fully saturated rings. The van der Waals surface area contributed by atoms with E-state index in [0.717, 1.165) is 44.1 Å². The molecule has 0 atom stereocenters. The van der Waals surface area contributed by atoms with Gasteiger partial charge in [0, 0.05) is 38.5 Å². The lowest BCUT2D eigenvalue weighted by atomic mass is 9.89. The van der Waals surface area contributed by atoms with Crippen molar-refractivity contribution in [3.05, 3.63) is 29.8 Å². The van der Waals surface area contributed by atoms with Gasteiger partial charge < -0.3 is 10.6 Å². The van der Waals surface area contributed by atoms with Crippen molar-refractivity contribution < 1.29 is 18.0 Å². The molecule has 0 radical (unpaired) electrons. The minimum atomic E-state index is -3.40. The first-order valence-corrected chi connectivity index (χ1v) is 12.5. The molecule has 2 N–H and O–H groups in total. The number of amides is 2. The summed E-state index contributed by atoms with van der Waals surface area (Å²) in [5, 5.41) is 5.74. The molecule has 0 spiro atoms. The lowest BCUT2D eigenvalue weighted by molar-refractivity contribution is -0.126. The van der Waals surface area contributed by atoms with Crippen LogP contribution >= 0.6 is 0 Å². The summed E-state index contributed by atoms with van der Waals surface area (Å²) >= 11 is 0. The van der Waals surface area contributed by atoms with Gasteiger partial charge in [0.25, 0.3) is 0 Å². The maximum atomic E-state index is 12.5. The number of carbonyl (C=O) groups is 2. The average molecular weight is 436 g/mol. The van der Waals surface area contributed by atoms with Crippen molar-refractivity contribution in [2.24, 2.45) is 5.92 Å². The normalized spacial score (nSPS) is 18.3. The van der Waals surface area contributed by atoms with E-state index >= 15 is 0 Å². The maximum Gasteiger partial charge on any atom is 0.243 e. The number of carbonyl (C=O) groups excluding carboxylic acids is 2. The first-order valence-electron chi connectivity index (χ1n) is 11.1. The van der Waals surface area contributed by atoms with Gasteiger partial charge in [-0.1, -0.05) is 31.4 Å². The number of nitrogens with one attached hydrogen (secondary N) is 2. The van der Waals surface area contributed by atoms with Gasteiger partial charge in [0.2, 0.25) is 21.8 Å². The van der Waals surface area contributed by atoms with Crippen molar-refractivity contribution >= 4 is 21.8 Å². The molecule has 1 aliphatic heterocycles. The Kier molecular flexibility index (Phi) is 8.27. The van der Waals surface area contributed by atoms with Crippen LogP contribution in [-0.4, -0.2) is 50.7 Å². The number of hydrogen-bond donors (Lipinski definition) is 2. The van der Waals surface area contributed by atoms with E-state index in [1.807, 2.05) is 0 Å². The lowest BCUT2D eigenvalue weighted by Gasteiger charge is -2.20. The topological polar surface area (TPSA) is 95.6 Å². The molecule has 1 saturated heterocycles. The van der Waals surface area contributed by atoms with Crippen LogP contribution in [0, 0.1) is 5.92 Å². The molecule has 30 heavy (non-hydrogen) atoms. The molecule has 1 aromatic rings. The van der Waals surface area contributed by atoms with Crippen LogP contribution in [0.4, 0.5) is 0 Å². The van der Waals surface area contributed by atoms with Crippen LogP contribution in [0.2, 0.25) is 0 Å². The summed E-state index contributed by atoms with van der Waals surface area (Å²) in [6, 6.07) is 6.81. The number of aryl methyl sites for hydroxylation is 1. The summed E-state index contributed by atoms with van der Waals surface area (Å²) in [7, 11) is -3.40. The third kappa shape index (κ3) is 6.28. The second-order valence-electron chi connectivity index (χ2n) is 8.23. The van der Waals surface area contributed by atoms with Crippen LogP contribution in [0.1, 0.15) is 56.9 Å². The van der Waals surface area contributed by atoms with Gasteiger partial charge in [-0.05, 0) is 49.8 Å². The smallest absolute Gasteiger partial charge is 0.243 e. The minimum absolute atomic E-state index is 0.0734. The number of nitrogens with zero attached hydrogens (tertiary/aromatic N) is 1. The van der Waals surface area contributed by atoms with Crippen LogP contribution < -0.4 is 10.6 Å². The quantitative estimate of drug-likeness (QED) is 0.582. The summed E-state index contributed by atoms with van der Waals surface area (Å²) < 4.78 is 26.6. The van der Waals surface area contributed by atoms with Crippen LogP contribution in [0.15, 0.2) is 29.2 Å². The molecule has 2 amide bonds. The Balaban J connectivity index is 1.35. The fourth-order valence-electron chi connectivity index (χ4n) is 4.15. The van der Waals surface area contributed by atoms with Crippen LogP contribution in [0.5, 0.6) is 0 Å². The Morgan fingerprint density at radius 2 is 1.53 bits per heavy atom. The predicted octanol–water partition coefficient (Wildman–Crippen LogP) is 2.22. The molecule has 2 aliphatic rings. The Hall–Kier alpha value is -1.93. The van der Waals surface area contributed by atoms with E-state index in [1.165, 1.54) is 10.7 Å². The largest absolute Gasteiger partial charge is 0.354 e. The van der Waals surface area contributed by atoms with E-state index < -0.39 is 10.0 Å². The van der Waals surface area contributed by atoms with Crippen LogP contribution in [-0.2, 0) is 26.0 Å². The highest BCUT2D eigenvalue weighted by molar-refractivity contribution is 7.89. The van der Waals surface area contributed by atoms with E-state index in [1.54, 1.807) is 24.3 Å². The molecule has 8 heteroatoms. The first-order chi connectivity index (χ1) is 14.5. The minimum Gasteiger partial charge on any atom is -0.354 e. The van der Waals surface area contributed by atoms with E-state index in [2.05, 4.69) is 10.6 Å². The van der Waals surface area contributed by atoms with E-state index in [4.69, 9.17) is 0 Å². The van der Waals surface area contributed by atoms with Crippen molar-refractivity contribution in [1.29, 1.82) is 0 Å². The van der Waals surface area contributed by atoms with E-state index in [9.17, 15) is 18.0 Å². The summed E-state index contributed by atoms with van der Waals surface area (Å²) in [5.74, 6) is 0.162. The standard InChI is InChI=1S/C22H33N3O4S/c26-21(23-14-15-24-22(27)19-6-2-1-3-7-19)13-10-18-8-11-20(12-9-18)30(28,29)25-16-4-5-17-25/h8-9,11-12,19H,1-7,10,13-17H2,(H,23,26)(H,24,27). The zero-order chi connectivity index (χ0) is 21.4. The van der Waals surface area contributed by atoms with Gasteiger partial charge in [0.1, 0.15) is 0 Å². The van der Waals surface area contributed by atoms with Gasteiger partial charge >= 0.3 is 0 Å².